The van der Waals surface area contributed by atoms with Gasteiger partial charge in [-0.05, 0) is 5.56 Å². The Balaban J connectivity index is 2.34. The second kappa shape index (κ2) is 9.41. The number of hydrogen-bond donors (Lipinski definition) is 2. The molecule has 0 saturated carbocycles. The average Bonchev–Trinajstić information content (AvgIpc) is 2.66. The average molecular weight is 431 g/mol. The van der Waals surface area contributed by atoms with Crippen molar-refractivity contribution in [1.29, 1.82) is 5.26 Å². The number of nitrogens with one attached hydrogen (secondary N) is 2. The maximum atomic E-state index is 10.8. The summed E-state index contributed by atoms with van der Waals surface area (Å²) in [7, 11) is 1.35. The largest absolute Gasteiger partial charge is 0.467 e. The molecule has 2 rings (SSSR count). The molecule has 1 amide bonds. The monoisotopic (exact) mass is 429 g/mol. The number of carbonyl (C=O) groups is 1. The summed E-state index contributed by atoms with van der Waals surface area (Å²) in [6.07, 6.45) is 0.732. The zero-order valence-corrected chi connectivity index (χ0v) is 16.2. The third kappa shape index (κ3) is 5.72. The lowest BCUT2D eigenvalue weighted by molar-refractivity contribution is -0.110. The maximum absolute atomic E-state index is 10.8. The fourth-order valence-electron chi connectivity index (χ4n) is 2.00. The summed E-state index contributed by atoms with van der Waals surface area (Å²) in [5.41, 5.74) is 0.984. The molecular formula is C15H14Cl3N7O2. The van der Waals surface area contributed by atoms with Crippen LogP contribution in [0.5, 0.6) is 6.01 Å². The van der Waals surface area contributed by atoms with E-state index in [0.29, 0.717) is 13.0 Å². The molecule has 0 aliphatic heterocycles. The van der Waals surface area contributed by atoms with Crippen LogP contribution < -0.4 is 20.3 Å². The van der Waals surface area contributed by atoms with E-state index in [-0.39, 0.29) is 17.9 Å². The highest BCUT2D eigenvalue weighted by atomic mass is 35.6. The molecule has 12 heteroatoms. The molecule has 1 aromatic carbocycles. The first-order chi connectivity index (χ1) is 12.9. The van der Waals surface area contributed by atoms with Gasteiger partial charge in [0.05, 0.1) is 7.11 Å². The zero-order chi connectivity index (χ0) is 19.9. The minimum absolute atomic E-state index is 0.0648. The lowest BCUT2D eigenvalue weighted by Crippen LogP contribution is -2.52. The smallest absolute Gasteiger partial charge is 0.322 e. The SMILES string of the molecule is COc1nc(NCc2ccccc2)nc(N(C#N)[C@@H](NC=O)C(Cl)(Cl)Cl)n1. The molecular weight excluding hydrogens is 417 g/mol. The summed E-state index contributed by atoms with van der Waals surface area (Å²) in [4.78, 5) is 23.9. The number of nitrogens with zero attached hydrogens (tertiary/aromatic N) is 5. The summed E-state index contributed by atoms with van der Waals surface area (Å²) in [6, 6.07) is 9.45. The molecule has 0 bridgehead atoms. The number of carbonyl (C=O) groups excluding carboxylic acids is 1. The summed E-state index contributed by atoms with van der Waals surface area (Å²) >= 11 is 17.6. The van der Waals surface area contributed by atoms with E-state index < -0.39 is 9.96 Å². The van der Waals surface area contributed by atoms with Gasteiger partial charge in [-0.3, -0.25) is 4.79 Å². The summed E-state index contributed by atoms with van der Waals surface area (Å²) in [5.74, 6) is -0.0410. The van der Waals surface area contributed by atoms with Crippen molar-refractivity contribution < 1.29 is 9.53 Å². The maximum Gasteiger partial charge on any atom is 0.322 e. The molecule has 0 saturated heterocycles. The molecule has 9 nitrogen and oxygen atoms in total. The van der Waals surface area contributed by atoms with Crippen LogP contribution in [0.15, 0.2) is 30.3 Å². The summed E-state index contributed by atoms with van der Waals surface area (Å²) in [6.45, 7) is 0.417. The van der Waals surface area contributed by atoms with Gasteiger partial charge < -0.3 is 15.4 Å². The number of nitriles is 1. The molecule has 142 valence electrons. The van der Waals surface area contributed by atoms with Crippen molar-refractivity contribution in [3.05, 3.63) is 35.9 Å². The number of halogens is 3. The van der Waals surface area contributed by atoms with Crippen molar-refractivity contribution in [1.82, 2.24) is 20.3 Å². The number of methoxy groups -OCH3 is 1. The van der Waals surface area contributed by atoms with Crippen LogP contribution in [-0.2, 0) is 11.3 Å². The summed E-state index contributed by atoms with van der Waals surface area (Å²) < 4.78 is 3.01. The molecule has 2 aromatic rings. The normalized spacial score (nSPS) is 11.8. The molecule has 0 fully saturated rings. The topological polar surface area (TPSA) is 116 Å². The van der Waals surface area contributed by atoms with E-state index in [1.54, 1.807) is 6.19 Å². The van der Waals surface area contributed by atoms with Crippen molar-refractivity contribution in [2.75, 3.05) is 17.3 Å². The van der Waals surface area contributed by atoms with E-state index in [1.807, 2.05) is 30.3 Å². The number of amides is 1. The van der Waals surface area contributed by atoms with Gasteiger partial charge in [-0.25, -0.2) is 4.90 Å². The van der Waals surface area contributed by atoms with Crippen LogP contribution in [0.4, 0.5) is 11.9 Å². The van der Waals surface area contributed by atoms with Crippen molar-refractivity contribution in [2.24, 2.45) is 0 Å². The van der Waals surface area contributed by atoms with Gasteiger partial charge in [0.1, 0.15) is 0 Å². The van der Waals surface area contributed by atoms with Gasteiger partial charge in [0, 0.05) is 6.54 Å². The highest BCUT2D eigenvalue weighted by Crippen LogP contribution is 2.33. The fraction of sp³-hybridized carbons (Fsp3) is 0.267. The van der Waals surface area contributed by atoms with Crippen LogP contribution >= 0.6 is 34.8 Å². The lowest BCUT2D eigenvalue weighted by Gasteiger charge is -2.29. The Labute approximate surface area is 170 Å². The fourth-order valence-corrected chi connectivity index (χ4v) is 2.48. The predicted octanol–water partition coefficient (Wildman–Crippen LogP) is 2.22. The lowest BCUT2D eigenvalue weighted by atomic mass is 10.2. The van der Waals surface area contributed by atoms with Gasteiger partial charge in [0.2, 0.25) is 22.1 Å². The van der Waals surface area contributed by atoms with Gasteiger partial charge in [-0.2, -0.15) is 20.2 Å². The quantitative estimate of drug-likeness (QED) is 0.215. The van der Waals surface area contributed by atoms with Crippen molar-refractivity contribution in [3.8, 4) is 12.2 Å². The van der Waals surface area contributed by atoms with E-state index in [0.717, 1.165) is 10.5 Å². The standard InChI is InChI=1S/C15H14Cl3N7O2/c1-27-14-23-12(20-7-10-5-3-2-4-6-10)22-13(24-14)25(8-19)11(21-9-26)15(16,17)18/h2-6,9,11H,7H2,1H3,(H,21,26)(H,20,22,23,24)/t11-/m1/s1. The van der Waals surface area contributed by atoms with Gasteiger partial charge in [-0.15, -0.1) is 0 Å². The first-order valence-corrected chi connectivity index (χ1v) is 8.55. The molecule has 1 aromatic heterocycles. The van der Waals surface area contributed by atoms with E-state index in [1.165, 1.54) is 7.11 Å². The highest BCUT2D eigenvalue weighted by molar-refractivity contribution is 6.68. The van der Waals surface area contributed by atoms with Gasteiger partial charge in [-0.1, -0.05) is 65.1 Å². The molecule has 1 heterocycles. The number of rotatable bonds is 8. The third-order valence-electron chi connectivity index (χ3n) is 3.20. The Morgan fingerprint density at radius 2 is 2.00 bits per heavy atom. The molecule has 0 radical (unpaired) electrons. The van der Waals surface area contributed by atoms with Crippen LogP contribution in [0.25, 0.3) is 0 Å². The number of ether oxygens (including phenoxy) is 1. The van der Waals surface area contributed by atoms with Crippen LogP contribution in [0.3, 0.4) is 0 Å². The first kappa shape index (κ1) is 20.8. The van der Waals surface area contributed by atoms with Crippen LogP contribution in [0.2, 0.25) is 0 Å². The Morgan fingerprint density at radius 3 is 2.56 bits per heavy atom. The third-order valence-corrected chi connectivity index (χ3v) is 3.82. The second-order valence-corrected chi connectivity index (χ2v) is 7.35. The van der Waals surface area contributed by atoms with Gasteiger partial charge in [0.25, 0.3) is 0 Å². The number of alkyl halides is 3. The van der Waals surface area contributed by atoms with E-state index in [9.17, 15) is 10.1 Å². The highest BCUT2D eigenvalue weighted by Gasteiger charge is 2.39. The molecule has 0 aliphatic carbocycles. The van der Waals surface area contributed by atoms with Gasteiger partial charge in [0.15, 0.2) is 12.4 Å². The minimum Gasteiger partial charge on any atom is -0.467 e. The number of benzene rings is 1. The van der Waals surface area contributed by atoms with Crippen LogP contribution in [0, 0.1) is 11.5 Å². The zero-order valence-electron chi connectivity index (χ0n) is 13.9. The number of anilines is 2. The molecule has 0 spiro atoms. The molecule has 1 atom stereocenters. The number of hydrogen-bond acceptors (Lipinski definition) is 8. The summed E-state index contributed by atoms with van der Waals surface area (Å²) in [5, 5.41) is 14.7. The van der Waals surface area contributed by atoms with E-state index in [4.69, 9.17) is 39.5 Å². The van der Waals surface area contributed by atoms with E-state index >= 15 is 0 Å². The second-order valence-electron chi connectivity index (χ2n) is 4.98. The van der Waals surface area contributed by atoms with Crippen molar-refractivity contribution in [2.45, 2.75) is 16.5 Å². The number of aromatic nitrogens is 3. The Hall–Kier alpha value is -2.54. The Kier molecular flexibility index (Phi) is 7.24. The first-order valence-electron chi connectivity index (χ1n) is 7.42. The van der Waals surface area contributed by atoms with Crippen molar-refractivity contribution >= 4 is 53.1 Å². The Bertz CT molecular complexity index is 811. The molecule has 0 unspecified atom stereocenters. The predicted molar refractivity (Wildman–Crippen MR) is 102 cm³/mol. The molecule has 27 heavy (non-hydrogen) atoms. The molecule has 0 aliphatic rings. The Morgan fingerprint density at radius 1 is 1.30 bits per heavy atom. The molecule has 2 N–H and O–H groups in total. The van der Waals surface area contributed by atoms with Crippen LogP contribution in [0.1, 0.15) is 5.56 Å². The minimum atomic E-state index is -2.03. The van der Waals surface area contributed by atoms with Gasteiger partial charge >= 0.3 is 6.01 Å². The van der Waals surface area contributed by atoms with Crippen molar-refractivity contribution in [3.63, 3.8) is 0 Å². The van der Waals surface area contributed by atoms with E-state index in [2.05, 4.69) is 25.6 Å². The van der Waals surface area contributed by atoms with Crippen LogP contribution in [-0.4, -0.2) is 38.4 Å².